The second-order valence-electron chi connectivity index (χ2n) is 7.85. The van der Waals surface area contributed by atoms with Gasteiger partial charge in [-0.15, -0.1) is 0 Å². The fourth-order valence-electron chi connectivity index (χ4n) is 3.69. The molecule has 1 aromatic heterocycles. The zero-order valence-corrected chi connectivity index (χ0v) is 17.1. The lowest BCUT2D eigenvalue weighted by Gasteiger charge is -2.28. The molecule has 1 saturated heterocycles. The summed E-state index contributed by atoms with van der Waals surface area (Å²) in [7, 11) is -3.30. The van der Waals surface area contributed by atoms with Gasteiger partial charge in [-0.05, 0) is 12.3 Å². The Morgan fingerprint density at radius 1 is 1.29 bits per heavy atom. The van der Waals surface area contributed by atoms with Crippen LogP contribution >= 0.6 is 0 Å². The number of nitrogens with one attached hydrogen (secondary N) is 2. The van der Waals surface area contributed by atoms with Crippen molar-refractivity contribution in [1.82, 2.24) is 15.3 Å². The molecule has 0 aromatic carbocycles. The second-order valence-corrected chi connectivity index (χ2v) is 9.99. The summed E-state index contributed by atoms with van der Waals surface area (Å²) in [6, 6.07) is -1.07. The summed E-state index contributed by atoms with van der Waals surface area (Å²) in [4.78, 5) is 32.9. The first-order valence-corrected chi connectivity index (χ1v) is 11.2. The third kappa shape index (κ3) is 4.84. The first-order chi connectivity index (χ1) is 13.0. The number of aliphatic hydroxyl groups excluding tert-OH is 1. The number of aromatic amines is 1. The number of carbonyl (C=O) groups excluding carboxylic acids is 2. The number of aromatic nitrogens is 2. The SMILES string of the molecule is CC(C)C[C@H]1C(=O)[N+](O)([C@H](CO)Cc2cnc[nH]2)C(=O)[C@@H]1CNCS(C)(=O)=O. The maximum atomic E-state index is 13.1. The molecule has 0 saturated carbocycles. The Labute approximate surface area is 164 Å². The van der Waals surface area contributed by atoms with Gasteiger partial charge in [0, 0.05) is 31.1 Å². The lowest BCUT2D eigenvalue weighted by Crippen LogP contribution is -2.60. The molecule has 4 N–H and O–H groups in total. The van der Waals surface area contributed by atoms with Crippen molar-refractivity contribution in [2.45, 2.75) is 32.7 Å². The van der Waals surface area contributed by atoms with E-state index >= 15 is 0 Å². The Balaban J connectivity index is 2.30. The van der Waals surface area contributed by atoms with Gasteiger partial charge in [0.1, 0.15) is 5.92 Å². The smallest absolute Gasteiger partial charge is 0.358 e. The molecule has 2 rings (SSSR count). The van der Waals surface area contributed by atoms with Gasteiger partial charge in [0.05, 0.1) is 24.7 Å². The minimum absolute atomic E-state index is 0.0439. The number of imidazole rings is 1. The Bertz CT molecular complexity index is 795. The fraction of sp³-hybridized carbons (Fsp3) is 0.706. The van der Waals surface area contributed by atoms with E-state index in [0.717, 1.165) is 6.26 Å². The van der Waals surface area contributed by atoms with E-state index in [4.69, 9.17) is 0 Å². The lowest BCUT2D eigenvalue weighted by molar-refractivity contribution is -0.992. The van der Waals surface area contributed by atoms with Crippen molar-refractivity contribution in [1.29, 1.82) is 0 Å². The summed E-state index contributed by atoms with van der Waals surface area (Å²) < 4.78 is 21.2. The molecule has 1 aromatic rings. The minimum Gasteiger partial charge on any atom is -0.390 e. The average molecular weight is 418 g/mol. The first-order valence-electron chi connectivity index (χ1n) is 9.17. The van der Waals surface area contributed by atoms with Gasteiger partial charge in [-0.2, -0.15) is 0 Å². The van der Waals surface area contributed by atoms with Crippen molar-refractivity contribution in [3.8, 4) is 0 Å². The van der Waals surface area contributed by atoms with Crippen molar-refractivity contribution in [3.63, 3.8) is 0 Å². The highest BCUT2D eigenvalue weighted by molar-refractivity contribution is 7.90. The number of sulfone groups is 1. The summed E-state index contributed by atoms with van der Waals surface area (Å²) in [6.45, 7) is 3.18. The molecule has 0 aliphatic carbocycles. The monoisotopic (exact) mass is 417 g/mol. The molecule has 1 aliphatic rings. The number of hydroxylamine groups is 3. The van der Waals surface area contributed by atoms with E-state index in [2.05, 4.69) is 15.3 Å². The number of hydrogen-bond donors (Lipinski definition) is 4. The van der Waals surface area contributed by atoms with E-state index in [1.54, 1.807) is 0 Å². The Morgan fingerprint density at radius 2 is 1.93 bits per heavy atom. The third-order valence-corrected chi connectivity index (χ3v) is 5.72. The molecule has 28 heavy (non-hydrogen) atoms. The molecule has 0 radical (unpaired) electrons. The zero-order chi connectivity index (χ0) is 21.1. The highest BCUT2D eigenvalue weighted by Gasteiger charge is 2.65. The predicted molar refractivity (Wildman–Crippen MR) is 99.4 cm³/mol. The van der Waals surface area contributed by atoms with Crippen molar-refractivity contribution in [3.05, 3.63) is 18.2 Å². The van der Waals surface area contributed by atoms with Crippen LogP contribution in [0.5, 0.6) is 0 Å². The standard InChI is InChI=1S/C17H29N4O6S/c1-11(2)4-14-15(7-19-10-28(3,26)27)17(24)21(25,16(14)23)13(8-22)5-12-6-18-9-20-12/h6,9,11,13-15,19,22,25H,4-5,7-8,10H2,1-3H3,(H,18,20)/q+1/t13-,14+,15+,21?/m0/s1. The second kappa shape index (κ2) is 8.78. The average Bonchev–Trinajstić information content (AvgIpc) is 3.16. The largest absolute Gasteiger partial charge is 0.390 e. The Morgan fingerprint density at radius 3 is 2.43 bits per heavy atom. The van der Waals surface area contributed by atoms with E-state index in [0.29, 0.717) is 12.1 Å². The molecule has 2 amide bonds. The van der Waals surface area contributed by atoms with Crippen LogP contribution in [0, 0.1) is 17.8 Å². The number of amides is 2. The van der Waals surface area contributed by atoms with E-state index in [9.17, 15) is 28.3 Å². The molecule has 1 aliphatic heterocycles. The molecule has 0 bridgehead atoms. The molecule has 1 unspecified atom stereocenters. The molecular weight excluding hydrogens is 388 g/mol. The van der Waals surface area contributed by atoms with Crippen LogP contribution in [0.25, 0.3) is 0 Å². The van der Waals surface area contributed by atoms with Gasteiger partial charge in [0.15, 0.2) is 15.9 Å². The summed E-state index contributed by atoms with van der Waals surface area (Å²) in [5, 5.41) is 23.6. The number of nitrogens with zero attached hydrogens (tertiary/aromatic N) is 2. The van der Waals surface area contributed by atoms with Gasteiger partial charge in [0.25, 0.3) is 0 Å². The van der Waals surface area contributed by atoms with Gasteiger partial charge >= 0.3 is 11.8 Å². The molecule has 11 heteroatoms. The summed E-state index contributed by atoms with van der Waals surface area (Å²) in [5.74, 6) is -3.27. The number of quaternary nitrogens is 1. The van der Waals surface area contributed by atoms with Crippen molar-refractivity contribution >= 4 is 21.7 Å². The highest BCUT2D eigenvalue weighted by atomic mass is 32.2. The number of H-pyrrole nitrogens is 1. The van der Waals surface area contributed by atoms with Crippen LogP contribution in [-0.4, -0.2) is 76.5 Å². The molecular formula is C17H29N4O6S+. The van der Waals surface area contributed by atoms with Gasteiger partial charge in [-0.1, -0.05) is 18.5 Å². The van der Waals surface area contributed by atoms with Gasteiger partial charge in [0.2, 0.25) is 0 Å². The fourth-order valence-corrected chi connectivity index (χ4v) is 4.17. The molecule has 2 heterocycles. The van der Waals surface area contributed by atoms with Crippen LogP contribution in [0.1, 0.15) is 26.0 Å². The van der Waals surface area contributed by atoms with Crippen LogP contribution < -0.4 is 5.32 Å². The molecule has 0 spiro atoms. The maximum Gasteiger partial charge on any atom is 0.358 e. The van der Waals surface area contributed by atoms with E-state index < -0.39 is 50.8 Å². The van der Waals surface area contributed by atoms with Crippen LogP contribution in [0.3, 0.4) is 0 Å². The van der Waals surface area contributed by atoms with Crippen LogP contribution in [0.4, 0.5) is 0 Å². The Kier molecular flexibility index (Phi) is 7.10. The number of imide groups is 1. The van der Waals surface area contributed by atoms with Gasteiger partial charge in [-0.3, -0.25) is 0 Å². The number of likely N-dealkylation sites (tertiary alicyclic amines) is 1. The summed E-state index contributed by atoms with van der Waals surface area (Å²) in [5.41, 5.74) is 0.574. The number of rotatable bonds is 10. The maximum absolute atomic E-state index is 13.1. The normalized spacial score (nSPS) is 26.9. The zero-order valence-electron chi connectivity index (χ0n) is 16.3. The van der Waals surface area contributed by atoms with Crippen molar-refractivity contribution in [2.24, 2.45) is 17.8 Å². The van der Waals surface area contributed by atoms with Crippen LogP contribution in [-0.2, 0) is 25.8 Å². The number of aliphatic hydroxyl groups is 1. The van der Waals surface area contributed by atoms with Gasteiger partial charge < -0.3 is 15.4 Å². The van der Waals surface area contributed by atoms with Crippen molar-refractivity contribution < 1.29 is 33.0 Å². The van der Waals surface area contributed by atoms with E-state index in [1.807, 2.05) is 13.8 Å². The number of carbonyl (C=O) groups is 2. The topological polar surface area (TPSA) is 149 Å². The quantitative estimate of drug-likeness (QED) is 0.225. The van der Waals surface area contributed by atoms with Crippen molar-refractivity contribution in [2.75, 3.05) is 25.3 Å². The van der Waals surface area contributed by atoms with E-state index in [-0.39, 0.29) is 24.8 Å². The number of hydrogen-bond acceptors (Lipinski definition) is 8. The highest BCUT2D eigenvalue weighted by Crippen LogP contribution is 2.37. The minimum atomic E-state index is -3.30. The summed E-state index contributed by atoms with van der Waals surface area (Å²) in [6.07, 6.45) is 4.42. The Hall–Kier alpha value is -1.66. The third-order valence-electron chi connectivity index (χ3n) is 5.00. The molecule has 4 atom stereocenters. The van der Waals surface area contributed by atoms with E-state index in [1.165, 1.54) is 12.5 Å². The van der Waals surface area contributed by atoms with Crippen LogP contribution in [0.2, 0.25) is 0 Å². The molecule has 1 fully saturated rings. The molecule has 158 valence electrons. The predicted octanol–water partition coefficient (Wildman–Crippen LogP) is -0.544. The first kappa shape index (κ1) is 22.6. The summed E-state index contributed by atoms with van der Waals surface area (Å²) >= 11 is 0. The lowest BCUT2D eigenvalue weighted by atomic mass is 9.87. The van der Waals surface area contributed by atoms with Gasteiger partial charge in [-0.25, -0.2) is 28.2 Å². The van der Waals surface area contributed by atoms with Crippen LogP contribution in [0.15, 0.2) is 12.5 Å². The molecule has 10 nitrogen and oxygen atoms in total.